The summed E-state index contributed by atoms with van der Waals surface area (Å²) in [6.45, 7) is 6.43. The lowest BCUT2D eigenvalue weighted by Crippen LogP contribution is -2.40. The molecule has 3 aliphatic rings. The summed E-state index contributed by atoms with van der Waals surface area (Å²) < 4.78 is 55.8. The molecule has 1 amide bonds. The standard InChI is InChI=1S/C17H16F3N3.C12H17N3O4S/c1-22-13-7-8-23(10-13)15-6-5-14(21-16(15)22)11-3-2-4-12(9-11)17(18,19)20;1-11(2)18-7-12(19-11,20-3)6-17-10-5-13-4-9(15-10)14-8-16/h2-6,9,13H,7-8,10H2,1H3;4-5,8H,6-7H2,1-3H3,(H,14,15,16). The maximum atomic E-state index is 12.9. The molecular weight excluding hydrogens is 585 g/mol. The second kappa shape index (κ2) is 12.2. The Hall–Kier alpha value is -3.62. The van der Waals surface area contributed by atoms with Gasteiger partial charge in [-0.1, -0.05) is 12.1 Å². The van der Waals surface area contributed by atoms with Crippen molar-refractivity contribution in [3.8, 4) is 17.1 Å². The van der Waals surface area contributed by atoms with Gasteiger partial charge in [-0.05, 0) is 50.8 Å². The third-order valence-corrected chi connectivity index (χ3v) is 8.49. The fraction of sp³-hybridized carbons (Fsp3) is 0.448. The Morgan fingerprint density at radius 1 is 1.21 bits per heavy atom. The number of ether oxygens (including phenoxy) is 3. The highest BCUT2D eigenvalue weighted by atomic mass is 32.2. The van der Waals surface area contributed by atoms with Gasteiger partial charge in [0.1, 0.15) is 6.61 Å². The van der Waals surface area contributed by atoms with E-state index in [1.807, 2.05) is 33.2 Å². The number of alkyl halides is 3. The number of fused-ring (bicyclic) bond motifs is 4. The van der Waals surface area contributed by atoms with Crippen molar-refractivity contribution < 1.29 is 32.2 Å². The van der Waals surface area contributed by atoms with Crippen LogP contribution in [0.15, 0.2) is 48.8 Å². The van der Waals surface area contributed by atoms with E-state index in [0.717, 1.165) is 43.1 Å². The zero-order chi connectivity index (χ0) is 30.8. The van der Waals surface area contributed by atoms with Crippen LogP contribution in [0.1, 0.15) is 25.8 Å². The van der Waals surface area contributed by atoms with Gasteiger partial charge in [-0.2, -0.15) is 18.2 Å². The number of halogens is 3. The van der Waals surface area contributed by atoms with E-state index in [0.29, 0.717) is 42.0 Å². The van der Waals surface area contributed by atoms with Gasteiger partial charge in [-0.3, -0.25) is 9.78 Å². The van der Waals surface area contributed by atoms with Crippen LogP contribution in [0, 0.1) is 0 Å². The van der Waals surface area contributed by atoms with Crippen molar-refractivity contribution in [2.24, 2.45) is 0 Å². The van der Waals surface area contributed by atoms with Gasteiger partial charge in [0.25, 0.3) is 0 Å². The van der Waals surface area contributed by atoms with Crippen molar-refractivity contribution in [1.82, 2.24) is 15.0 Å². The number of nitrogens with one attached hydrogen (secondary N) is 1. The molecular formula is C29H33F3N6O4S. The molecule has 2 atom stereocenters. The van der Waals surface area contributed by atoms with Crippen LogP contribution in [0.3, 0.4) is 0 Å². The minimum atomic E-state index is -4.34. The summed E-state index contributed by atoms with van der Waals surface area (Å²) >= 11 is 1.52. The first-order valence-corrected chi connectivity index (χ1v) is 14.9. The number of carbonyl (C=O) groups excluding carboxylic acids is 1. The molecule has 2 unspecified atom stereocenters. The van der Waals surface area contributed by atoms with Gasteiger partial charge in [0.2, 0.25) is 12.3 Å². The molecule has 6 rings (SSSR count). The van der Waals surface area contributed by atoms with E-state index in [2.05, 4.69) is 30.1 Å². The molecule has 43 heavy (non-hydrogen) atoms. The highest BCUT2D eigenvalue weighted by Crippen LogP contribution is 2.40. The fourth-order valence-electron chi connectivity index (χ4n) is 5.17. The molecule has 230 valence electrons. The molecule has 5 heterocycles. The van der Waals surface area contributed by atoms with Gasteiger partial charge in [-0.15, -0.1) is 11.8 Å². The third-order valence-electron chi connectivity index (χ3n) is 7.43. The van der Waals surface area contributed by atoms with E-state index in [4.69, 9.17) is 14.2 Å². The topological polar surface area (TPSA) is 102 Å². The predicted octanol–water partition coefficient (Wildman–Crippen LogP) is 5.06. The second-order valence-electron chi connectivity index (χ2n) is 10.8. The van der Waals surface area contributed by atoms with E-state index in [1.165, 1.54) is 30.2 Å². The van der Waals surface area contributed by atoms with Crippen LogP contribution in [0.25, 0.3) is 11.3 Å². The molecule has 2 fully saturated rings. The molecule has 0 spiro atoms. The number of likely N-dealkylation sites (N-methyl/N-ethyl adjacent to an activating group) is 1. The van der Waals surface area contributed by atoms with Crippen LogP contribution in [-0.4, -0.2) is 77.7 Å². The number of carbonyl (C=O) groups is 1. The minimum absolute atomic E-state index is 0.275. The predicted molar refractivity (Wildman–Crippen MR) is 158 cm³/mol. The molecule has 3 aromatic rings. The number of nitrogens with zero attached hydrogens (tertiary/aromatic N) is 5. The number of aromatic nitrogens is 3. The number of thioether (sulfide) groups is 1. The van der Waals surface area contributed by atoms with Crippen molar-refractivity contribution >= 4 is 35.5 Å². The average molecular weight is 619 g/mol. The summed E-state index contributed by atoms with van der Waals surface area (Å²) in [5, 5.41) is 2.42. The van der Waals surface area contributed by atoms with Gasteiger partial charge in [0.15, 0.2) is 22.4 Å². The van der Waals surface area contributed by atoms with Crippen LogP contribution >= 0.6 is 11.8 Å². The molecule has 0 saturated carbocycles. The highest BCUT2D eigenvalue weighted by molar-refractivity contribution is 7.99. The summed E-state index contributed by atoms with van der Waals surface area (Å²) in [5.74, 6) is 0.880. The summed E-state index contributed by atoms with van der Waals surface area (Å²) in [7, 11) is 2.01. The molecule has 3 aliphatic heterocycles. The number of anilines is 3. The molecule has 1 aromatic carbocycles. The van der Waals surface area contributed by atoms with Crippen molar-refractivity contribution in [2.45, 2.75) is 43.2 Å². The quantitative estimate of drug-likeness (QED) is 0.362. The van der Waals surface area contributed by atoms with E-state index < -0.39 is 22.5 Å². The first kappa shape index (κ1) is 30.8. The molecule has 0 radical (unpaired) electrons. The Morgan fingerprint density at radius 3 is 2.72 bits per heavy atom. The number of hydrogen-bond donors (Lipinski definition) is 1. The number of amides is 1. The lowest BCUT2D eigenvalue weighted by atomic mass is 10.1. The Balaban J connectivity index is 0.000000173. The first-order valence-electron chi connectivity index (χ1n) is 13.6. The second-order valence-corrected chi connectivity index (χ2v) is 12.0. The Labute approximate surface area is 251 Å². The zero-order valence-electron chi connectivity index (χ0n) is 24.2. The average Bonchev–Trinajstić information content (AvgIpc) is 3.57. The Morgan fingerprint density at radius 2 is 2.02 bits per heavy atom. The van der Waals surface area contributed by atoms with Gasteiger partial charge in [-0.25, -0.2) is 4.98 Å². The Bertz CT molecular complexity index is 1460. The van der Waals surface area contributed by atoms with Crippen molar-refractivity contribution in [2.75, 3.05) is 54.7 Å². The summed E-state index contributed by atoms with van der Waals surface area (Å²) in [5.41, 5.74) is 1.48. The number of hydrogen-bond acceptors (Lipinski definition) is 10. The molecule has 0 aliphatic carbocycles. The van der Waals surface area contributed by atoms with Crippen LogP contribution in [-0.2, 0) is 20.4 Å². The SMILES string of the molecule is CN1c2nc(-c3cccc(C(F)(F)F)c3)ccc2N2CCC1C2.CSC1(COc2cncc(NC=O)n2)COC(C)(C)O1. The van der Waals surface area contributed by atoms with Crippen molar-refractivity contribution in [1.29, 1.82) is 0 Å². The fourth-order valence-corrected chi connectivity index (χ4v) is 5.80. The summed E-state index contributed by atoms with van der Waals surface area (Å²) in [6.07, 6.45) is 2.13. The van der Waals surface area contributed by atoms with E-state index >= 15 is 0 Å². The maximum absolute atomic E-state index is 12.9. The third kappa shape index (κ3) is 6.97. The largest absolute Gasteiger partial charge is 0.472 e. The van der Waals surface area contributed by atoms with E-state index in [-0.39, 0.29) is 6.61 Å². The van der Waals surface area contributed by atoms with Crippen molar-refractivity contribution in [3.05, 3.63) is 54.4 Å². The van der Waals surface area contributed by atoms with Gasteiger partial charge >= 0.3 is 6.18 Å². The number of rotatable bonds is 7. The molecule has 2 saturated heterocycles. The molecule has 10 nitrogen and oxygen atoms in total. The van der Waals surface area contributed by atoms with Crippen LogP contribution in [0.5, 0.6) is 5.88 Å². The van der Waals surface area contributed by atoms with Crippen LogP contribution in [0.4, 0.5) is 30.5 Å². The lowest BCUT2D eigenvalue weighted by molar-refractivity contribution is -0.147. The molecule has 14 heteroatoms. The maximum Gasteiger partial charge on any atom is 0.416 e. The lowest BCUT2D eigenvalue weighted by Gasteiger charge is -2.34. The number of pyridine rings is 1. The Kier molecular flexibility index (Phi) is 8.72. The molecule has 2 aromatic heterocycles. The van der Waals surface area contributed by atoms with Gasteiger partial charge < -0.3 is 29.3 Å². The monoisotopic (exact) mass is 618 g/mol. The first-order chi connectivity index (χ1) is 20.4. The van der Waals surface area contributed by atoms with Gasteiger partial charge in [0, 0.05) is 31.7 Å². The smallest absolute Gasteiger partial charge is 0.416 e. The number of benzene rings is 1. The summed E-state index contributed by atoms with van der Waals surface area (Å²) in [4.78, 5) is 26.9. The molecule has 2 bridgehead atoms. The van der Waals surface area contributed by atoms with Crippen LogP contribution in [0.2, 0.25) is 0 Å². The normalized spacial score (nSPS) is 22.0. The highest BCUT2D eigenvalue weighted by Gasteiger charge is 2.46. The van der Waals surface area contributed by atoms with E-state index in [9.17, 15) is 18.0 Å². The molecule has 1 N–H and O–H groups in total. The van der Waals surface area contributed by atoms with Crippen LogP contribution < -0.4 is 19.9 Å². The van der Waals surface area contributed by atoms with E-state index in [1.54, 1.807) is 12.1 Å². The van der Waals surface area contributed by atoms with Crippen molar-refractivity contribution in [3.63, 3.8) is 0 Å². The summed E-state index contributed by atoms with van der Waals surface area (Å²) in [6, 6.07) is 9.55. The van der Waals surface area contributed by atoms with Gasteiger partial charge in [0.05, 0.1) is 35.9 Å². The zero-order valence-corrected chi connectivity index (χ0v) is 25.0. The minimum Gasteiger partial charge on any atom is -0.472 e.